The van der Waals surface area contributed by atoms with Crippen LogP contribution in [0, 0.1) is 0 Å². The Hall–Kier alpha value is -3.05. The molecule has 2 N–H and O–H groups in total. The highest BCUT2D eigenvalue weighted by molar-refractivity contribution is 5.76. The number of benzene rings is 1. The Balaban J connectivity index is 1.53. The fourth-order valence-corrected chi connectivity index (χ4v) is 4.66. The van der Waals surface area contributed by atoms with E-state index in [2.05, 4.69) is 16.3 Å². The van der Waals surface area contributed by atoms with Crippen LogP contribution in [0.5, 0.6) is 0 Å². The molecule has 3 aliphatic rings. The highest BCUT2D eigenvalue weighted by Crippen LogP contribution is 2.39. The van der Waals surface area contributed by atoms with Crippen LogP contribution in [-0.2, 0) is 20.8 Å². The van der Waals surface area contributed by atoms with Gasteiger partial charge in [-0.25, -0.2) is 9.59 Å². The van der Waals surface area contributed by atoms with E-state index in [1.807, 2.05) is 33.8 Å². The minimum absolute atomic E-state index is 0.105. The van der Waals surface area contributed by atoms with E-state index in [0.29, 0.717) is 24.7 Å². The summed E-state index contributed by atoms with van der Waals surface area (Å²) < 4.78 is 0. The van der Waals surface area contributed by atoms with Gasteiger partial charge in [0.1, 0.15) is 11.6 Å². The second-order valence-electron chi connectivity index (χ2n) is 7.68. The van der Waals surface area contributed by atoms with Crippen molar-refractivity contribution < 1.29 is 19.5 Å². The van der Waals surface area contributed by atoms with E-state index in [-0.39, 0.29) is 12.4 Å². The van der Waals surface area contributed by atoms with E-state index in [4.69, 9.17) is 5.11 Å². The molecule has 0 spiro atoms. The average Bonchev–Trinajstić information content (AvgIpc) is 3.17. The lowest BCUT2D eigenvalue weighted by molar-refractivity contribution is -0.138. The van der Waals surface area contributed by atoms with Crippen molar-refractivity contribution in [2.75, 3.05) is 42.5 Å². The molecule has 0 atom stereocenters. The number of rotatable bonds is 4. The predicted octanol–water partition coefficient (Wildman–Crippen LogP) is 0.786. The molecule has 2 saturated heterocycles. The van der Waals surface area contributed by atoms with Gasteiger partial charge in [0.15, 0.2) is 11.8 Å². The van der Waals surface area contributed by atoms with Crippen LogP contribution in [-0.4, -0.2) is 66.6 Å². The first kappa shape index (κ1) is 19.3. The van der Waals surface area contributed by atoms with Gasteiger partial charge in [-0.15, -0.1) is 0 Å². The van der Waals surface area contributed by atoms with Crippen molar-refractivity contribution in [1.29, 1.82) is 0 Å². The van der Waals surface area contributed by atoms with Crippen molar-refractivity contribution in [3.05, 3.63) is 35.3 Å². The highest BCUT2D eigenvalue weighted by Gasteiger charge is 2.32. The first-order valence-electron chi connectivity index (χ1n) is 9.97. The summed E-state index contributed by atoms with van der Waals surface area (Å²) in [4.78, 5) is 39.6. The SMILES string of the molecule is O=C=C1CCN(c2cccc3c2CCN3C2CCN(CC(=O)O)CC2)C(=C=O)N1. The third-order valence-corrected chi connectivity index (χ3v) is 6.03. The standard InChI is InChI=1S/C21H24N4O4/c26-13-15-4-10-25(20(14-27)22-15)19-3-1-2-18-17(19)7-11-24(18)16-5-8-23(9-6-16)12-21(28)29/h1-3,16,22H,4-12H2,(H,28,29). The van der Waals surface area contributed by atoms with Crippen molar-refractivity contribution >= 4 is 29.2 Å². The summed E-state index contributed by atoms with van der Waals surface area (Å²) in [6.45, 7) is 3.13. The first-order valence-corrected chi connectivity index (χ1v) is 9.97. The molecule has 1 aromatic rings. The number of carbonyl (C=O) groups is 1. The lowest BCUT2D eigenvalue weighted by Gasteiger charge is -2.38. The largest absolute Gasteiger partial charge is 0.480 e. The van der Waals surface area contributed by atoms with Crippen LogP contribution >= 0.6 is 0 Å². The number of carboxylic acids is 1. The van der Waals surface area contributed by atoms with Gasteiger partial charge in [0, 0.05) is 55.6 Å². The summed E-state index contributed by atoms with van der Waals surface area (Å²) in [6, 6.07) is 6.52. The lowest BCUT2D eigenvalue weighted by Crippen LogP contribution is -2.45. The van der Waals surface area contributed by atoms with Gasteiger partial charge in [-0.1, -0.05) is 6.07 Å². The van der Waals surface area contributed by atoms with Gasteiger partial charge >= 0.3 is 5.97 Å². The molecule has 4 rings (SSSR count). The first-order chi connectivity index (χ1) is 14.1. The number of fused-ring (bicyclic) bond motifs is 1. The number of hydrogen-bond acceptors (Lipinski definition) is 7. The van der Waals surface area contributed by atoms with Crippen LogP contribution < -0.4 is 15.1 Å². The number of likely N-dealkylation sites (tertiary alicyclic amines) is 1. The zero-order valence-corrected chi connectivity index (χ0v) is 16.2. The maximum absolute atomic E-state index is 11.5. The fourth-order valence-electron chi connectivity index (χ4n) is 4.66. The summed E-state index contributed by atoms with van der Waals surface area (Å²) in [5, 5.41) is 11.8. The Kier molecular flexibility index (Phi) is 5.41. The maximum Gasteiger partial charge on any atom is 0.317 e. The van der Waals surface area contributed by atoms with E-state index in [1.165, 1.54) is 11.3 Å². The molecule has 0 aliphatic carbocycles. The van der Waals surface area contributed by atoms with Crippen LogP contribution in [0.1, 0.15) is 24.8 Å². The Morgan fingerprint density at radius 1 is 1.07 bits per heavy atom. The molecule has 0 aromatic heterocycles. The van der Waals surface area contributed by atoms with E-state index < -0.39 is 5.97 Å². The lowest BCUT2D eigenvalue weighted by atomic mass is 10.0. The van der Waals surface area contributed by atoms with Gasteiger partial charge in [0.05, 0.1) is 6.54 Å². The Morgan fingerprint density at radius 2 is 1.83 bits per heavy atom. The predicted molar refractivity (Wildman–Crippen MR) is 108 cm³/mol. The number of nitrogens with one attached hydrogen (secondary N) is 1. The number of hydrogen-bond donors (Lipinski definition) is 2. The molecular weight excluding hydrogens is 372 g/mol. The topological polar surface area (TPSA) is 93.2 Å². The van der Waals surface area contributed by atoms with Crippen molar-refractivity contribution in [3.8, 4) is 0 Å². The second-order valence-corrected chi connectivity index (χ2v) is 7.68. The van der Waals surface area contributed by atoms with Gasteiger partial charge in [0.25, 0.3) is 0 Å². The zero-order chi connectivity index (χ0) is 20.4. The summed E-state index contributed by atoms with van der Waals surface area (Å²) in [7, 11) is 0. The van der Waals surface area contributed by atoms with Gasteiger partial charge in [-0.2, -0.15) is 0 Å². The third kappa shape index (κ3) is 3.78. The highest BCUT2D eigenvalue weighted by atomic mass is 16.4. The van der Waals surface area contributed by atoms with Crippen LogP contribution in [0.2, 0.25) is 0 Å². The molecule has 2 fully saturated rings. The molecule has 0 amide bonds. The molecule has 0 unspecified atom stereocenters. The van der Waals surface area contributed by atoms with Crippen LogP contribution in [0.25, 0.3) is 0 Å². The third-order valence-electron chi connectivity index (χ3n) is 6.03. The van der Waals surface area contributed by atoms with E-state index in [0.717, 1.165) is 44.6 Å². The van der Waals surface area contributed by atoms with E-state index in [9.17, 15) is 14.4 Å². The van der Waals surface area contributed by atoms with Gasteiger partial charge in [0.2, 0.25) is 0 Å². The molecule has 0 saturated carbocycles. The molecule has 0 bridgehead atoms. The van der Waals surface area contributed by atoms with Crippen molar-refractivity contribution in [3.63, 3.8) is 0 Å². The molecule has 8 nitrogen and oxygen atoms in total. The second kappa shape index (κ2) is 8.13. The summed E-state index contributed by atoms with van der Waals surface area (Å²) in [5.41, 5.74) is 3.74. The van der Waals surface area contributed by atoms with Crippen molar-refractivity contribution in [2.24, 2.45) is 0 Å². The van der Waals surface area contributed by atoms with Crippen LogP contribution in [0.15, 0.2) is 29.7 Å². The molecular formula is C21H24N4O4. The molecule has 3 aliphatic heterocycles. The summed E-state index contributed by atoms with van der Waals surface area (Å²) >= 11 is 0. The Bertz CT molecular complexity index is 909. The van der Waals surface area contributed by atoms with Crippen LogP contribution in [0.4, 0.5) is 11.4 Å². The maximum atomic E-state index is 11.5. The molecule has 0 radical (unpaired) electrons. The van der Waals surface area contributed by atoms with Crippen LogP contribution in [0.3, 0.4) is 0 Å². The monoisotopic (exact) mass is 396 g/mol. The Labute approximate surface area is 169 Å². The number of carbonyl (C=O) groups excluding carboxylic acids is 2. The Morgan fingerprint density at radius 3 is 2.52 bits per heavy atom. The normalized spacial score (nSPS) is 20.1. The zero-order valence-electron chi connectivity index (χ0n) is 16.2. The molecule has 29 heavy (non-hydrogen) atoms. The van der Waals surface area contributed by atoms with Gasteiger partial charge in [-0.05, 0) is 31.4 Å². The molecule has 152 valence electrons. The number of nitrogens with zero attached hydrogens (tertiary/aromatic N) is 3. The molecule has 3 heterocycles. The minimum Gasteiger partial charge on any atom is -0.480 e. The van der Waals surface area contributed by atoms with Gasteiger partial charge in [-0.3, -0.25) is 9.69 Å². The smallest absolute Gasteiger partial charge is 0.317 e. The van der Waals surface area contributed by atoms with Crippen molar-refractivity contribution in [2.45, 2.75) is 31.7 Å². The van der Waals surface area contributed by atoms with Gasteiger partial charge < -0.3 is 20.2 Å². The number of anilines is 2. The minimum atomic E-state index is -0.777. The van der Waals surface area contributed by atoms with E-state index >= 15 is 0 Å². The number of carboxylic acid groups (broad SMARTS) is 1. The molecule has 1 aromatic carbocycles. The fraction of sp³-hybridized carbons (Fsp3) is 0.476. The quantitative estimate of drug-likeness (QED) is 0.722. The number of aliphatic carboxylic acids is 1. The van der Waals surface area contributed by atoms with E-state index in [1.54, 1.807) is 0 Å². The van der Waals surface area contributed by atoms with Crippen molar-refractivity contribution in [1.82, 2.24) is 10.2 Å². The average molecular weight is 396 g/mol. The molecule has 8 heteroatoms. The number of piperidine rings is 1. The summed E-state index contributed by atoms with van der Waals surface area (Å²) in [6.07, 6.45) is 3.27. The summed E-state index contributed by atoms with van der Waals surface area (Å²) in [5.74, 6) is 3.23.